The predicted octanol–water partition coefficient (Wildman–Crippen LogP) is 2.78. The standard InChI is InChI=1S/C21H27N5O/c1-16-6-2-3-7-18(16)21(27)24-17-8-12-26(13-9-17)20-14-19(22-15-23-20)25-10-4-5-11-25/h2-3,6-7,14-15,17H,4-5,8-13H2,1H3,(H,24,27). The highest BCUT2D eigenvalue weighted by Crippen LogP contribution is 2.23. The average Bonchev–Trinajstić information content (AvgIpc) is 3.24. The summed E-state index contributed by atoms with van der Waals surface area (Å²) < 4.78 is 0. The Kier molecular flexibility index (Phi) is 5.23. The van der Waals surface area contributed by atoms with E-state index in [9.17, 15) is 4.79 Å². The Morgan fingerprint density at radius 3 is 2.30 bits per heavy atom. The molecule has 2 saturated heterocycles. The van der Waals surface area contributed by atoms with E-state index in [2.05, 4.69) is 31.2 Å². The van der Waals surface area contributed by atoms with Crippen LogP contribution in [0.4, 0.5) is 11.6 Å². The lowest BCUT2D eigenvalue weighted by Crippen LogP contribution is -2.45. The number of aryl methyl sites for hydroxylation is 1. The Morgan fingerprint density at radius 2 is 1.63 bits per heavy atom. The van der Waals surface area contributed by atoms with E-state index in [-0.39, 0.29) is 11.9 Å². The SMILES string of the molecule is Cc1ccccc1C(=O)NC1CCN(c2cc(N3CCCC3)ncn2)CC1. The molecule has 3 heterocycles. The fourth-order valence-electron chi connectivity index (χ4n) is 3.97. The third kappa shape index (κ3) is 4.04. The minimum atomic E-state index is 0.0323. The van der Waals surface area contributed by atoms with Crippen LogP contribution < -0.4 is 15.1 Å². The maximum absolute atomic E-state index is 12.5. The third-order valence-electron chi connectivity index (χ3n) is 5.61. The second-order valence-corrected chi connectivity index (χ2v) is 7.48. The molecule has 1 aromatic carbocycles. The van der Waals surface area contributed by atoms with Gasteiger partial charge in [0.2, 0.25) is 0 Å². The Bertz CT molecular complexity index is 795. The lowest BCUT2D eigenvalue weighted by atomic mass is 10.0. The smallest absolute Gasteiger partial charge is 0.251 e. The number of benzene rings is 1. The molecule has 0 saturated carbocycles. The molecule has 2 fully saturated rings. The first kappa shape index (κ1) is 17.8. The summed E-state index contributed by atoms with van der Waals surface area (Å²) in [5.74, 6) is 2.06. The summed E-state index contributed by atoms with van der Waals surface area (Å²) in [4.78, 5) is 26.1. The number of nitrogens with one attached hydrogen (secondary N) is 1. The van der Waals surface area contributed by atoms with Crippen molar-refractivity contribution in [3.63, 3.8) is 0 Å². The first-order valence-corrected chi connectivity index (χ1v) is 9.89. The van der Waals surface area contributed by atoms with Crippen molar-refractivity contribution in [1.29, 1.82) is 0 Å². The second-order valence-electron chi connectivity index (χ2n) is 7.48. The molecule has 0 radical (unpaired) electrons. The summed E-state index contributed by atoms with van der Waals surface area (Å²) in [7, 11) is 0. The van der Waals surface area contributed by atoms with Crippen LogP contribution in [0.15, 0.2) is 36.7 Å². The molecule has 2 aliphatic heterocycles. The van der Waals surface area contributed by atoms with Crippen molar-refractivity contribution in [1.82, 2.24) is 15.3 Å². The van der Waals surface area contributed by atoms with Gasteiger partial charge in [-0.05, 0) is 44.2 Å². The summed E-state index contributed by atoms with van der Waals surface area (Å²) in [6.07, 6.45) is 6.02. The van der Waals surface area contributed by atoms with E-state index in [0.29, 0.717) is 0 Å². The largest absolute Gasteiger partial charge is 0.356 e. The van der Waals surface area contributed by atoms with Gasteiger partial charge in [-0.3, -0.25) is 4.79 Å². The molecule has 0 unspecified atom stereocenters. The molecule has 27 heavy (non-hydrogen) atoms. The number of amides is 1. The number of aromatic nitrogens is 2. The van der Waals surface area contributed by atoms with Crippen LogP contribution in [0.1, 0.15) is 41.6 Å². The number of nitrogens with zero attached hydrogens (tertiary/aromatic N) is 4. The van der Waals surface area contributed by atoms with E-state index >= 15 is 0 Å². The van der Waals surface area contributed by atoms with Crippen LogP contribution in [-0.4, -0.2) is 48.1 Å². The number of carbonyl (C=O) groups is 1. The number of hydrogen-bond donors (Lipinski definition) is 1. The molecule has 1 amide bonds. The van der Waals surface area contributed by atoms with Crippen molar-refractivity contribution in [3.8, 4) is 0 Å². The van der Waals surface area contributed by atoms with Crippen LogP contribution in [0.3, 0.4) is 0 Å². The van der Waals surface area contributed by atoms with Gasteiger partial charge in [0, 0.05) is 43.9 Å². The number of hydrogen-bond acceptors (Lipinski definition) is 5. The quantitative estimate of drug-likeness (QED) is 0.903. The maximum Gasteiger partial charge on any atom is 0.251 e. The van der Waals surface area contributed by atoms with E-state index in [1.165, 1.54) is 12.8 Å². The molecule has 1 aromatic heterocycles. The summed E-state index contributed by atoms with van der Waals surface area (Å²) >= 11 is 0. The van der Waals surface area contributed by atoms with E-state index in [1.54, 1.807) is 6.33 Å². The monoisotopic (exact) mass is 365 g/mol. The van der Waals surface area contributed by atoms with Gasteiger partial charge in [-0.25, -0.2) is 9.97 Å². The Labute approximate surface area is 160 Å². The lowest BCUT2D eigenvalue weighted by Gasteiger charge is -2.33. The first-order chi connectivity index (χ1) is 13.2. The molecule has 0 aliphatic carbocycles. The van der Waals surface area contributed by atoms with Gasteiger partial charge in [0.1, 0.15) is 18.0 Å². The molecule has 0 spiro atoms. The molecule has 2 aliphatic rings. The number of rotatable bonds is 4. The van der Waals surface area contributed by atoms with Crippen molar-refractivity contribution in [3.05, 3.63) is 47.8 Å². The van der Waals surface area contributed by atoms with Gasteiger partial charge in [-0.2, -0.15) is 0 Å². The molecule has 6 nitrogen and oxygen atoms in total. The highest BCUT2D eigenvalue weighted by molar-refractivity contribution is 5.95. The highest BCUT2D eigenvalue weighted by atomic mass is 16.1. The molecule has 6 heteroatoms. The number of carbonyl (C=O) groups excluding carboxylic acids is 1. The van der Waals surface area contributed by atoms with E-state index in [4.69, 9.17) is 0 Å². The van der Waals surface area contributed by atoms with Crippen molar-refractivity contribution < 1.29 is 4.79 Å². The van der Waals surface area contributed by atoms with Gasteiger partial charge in [0.25, 0.3) is 5.91 Å². The van der Waals surface area contributed by atoms with Crippen LogP contribution in [0.25, 0.3) is 0 Å². The zero-order chi connectivity index (χ0) is 18.6. The van der Waals surface area contributed by atoms with Crippen LogP contribution in [-0.2, 0) is 0 Å². The number of piperidine rings is 1. The van der Waals surface area contributed by atoms with Gasteiger partial charge < -0.3 is 15.1 Å². The second kappa shape index (κ2) is 7.94. The molecule has 0 bridgehead atoms. The molecule has 4 rings (SSSR count). The molecular weight excluding hydrogens is 338 g/mol. The minimum absolute atomic E-state index is 0.0323. The zero-order valence-electron chi connectivity index (χ0n) is 15.9. The molecule has 0 atom stereocenters. The molecular formula is C21H27N5O. The summed E-state index contributed by atoms with van der Waals surface area (Å²) in [5, 5.41) is 3.20. The third-order valence-corrected chi connectivity index (χ3v) is 5.61. The highest BCUT2D eigenvalue weighted by Gasteiger charge is 2.23. The lowest BCUT2D eigenvalue weighted by molar-refractivity contribution is 0.0930. The topological polar surface area (TPSA) is 61.4 Å². The van der Waals surface area contributed by atoms with E-state index < -0.39 is 0 Å². The Hall–Kier alpha value is -2.63. The van der Waals surface area contributed by atoms with Crippen LogP contribution in [0.2, 0.25) is 0 Å². The first-order valence-electron chi connectivity index (χ1n) is 9.89. The Balaban J connectivity index is 1.34. The number of anilines is 2. The van der Waals surface area contributed by atoms with Crippen LogP contribution in [0, 0.1) is 6.92 Å². The van der Waals surface area contributed by atoms with E-state index in [1.807, 2.05) is 31.2 Å². The van der Waals surface area contributed by atoms with Gasteiger partial charge in [-0.15, -0.1) is 0 Å². The van der Waals surface area contributed by atoms with Crippen molar-refractivity contribution in [2.24, 2.45) is 0 Å². The normalized spacial score (nSPS) is 18.0. The summed E-state index contributed by atoms with van der Waals surface area (Å²) in [6.45, 7) is 5.95. The fourth-order valence-corrected chi connectivity index (χ4v) is 3.97. The maximum atomic E-state index is 12.5. The minimum Gasteiger partial charge on any atom is -0.356 e. The Morgan fingerprint density at radius 1 is 1.00 bits per heavy atom. The van der Waals surface area contributed by atoms with E-state index in [0.717, 1.165) is 61.8 Å². The van der Waals surface area contributed by atoms with Crippen LogP contribution in [0.5, 0.6) is 0 Å². The van der Waals surface area contributed by atoms with Gasteiger partial charge in [-0.1, -0.05) is 18.2 Å². The fraction of sp³-hybridized carbons (Fsp3) is 0.476. The summed E-state index contributed by atoms with van der Waals surface area (Å²) in [6, 6.07) is 10.1. The zero-order valence-corrected chi connectivity index (χ0v) is 15.9. The van der Waals surface area contributed by atoms with Crippen molar-refractivity contribution in [2.45, 2.75) is 38.6 Å². The van der Waals surface area contributed by atoms with Crippen LogP contribution >= 0.6 is 0 Å². The molecule has 2 aromatic rings. The average molecular weight is 365 g/mol. The van der Waals surface area contributed by atoms with Gasteiger partial charge >= 0.3 is 0 Å². The van der Waals surface area contributed by atoms with Crippen molar-refractivity contribution in [2.75, 3.05) is 36.0 Å². The van der Waals surface area contributed by atoms with Gasteiger partial charge in [0.05, 0.1) is 0 Å². The van der Waals surface area contributed by atoms with Crippen molar-refractivity contribution >= 4 is 17.5 Å². The van der Waals surface area contributed by atoms with Gasteiger partial charge in [0.15, 0.2) is 0 Å². The summed E-state index contributed by atoms with van der Waals surface area (Å²) in [5.41, 5.74) is 1.79. The molecule has 1 N–H and O–H groups in total. The molecule has 142 valence electrons. The predicted molar refractivity (Wildman–Crippen MR) is 107 cm³/mol.